The van der Waals surface area contributed by atoms with Crippen molar-refractivity contribution in [2.24, 2.45) is 16.8 Å². The summed E-state index contributed by atoms with van der Waals surface area (Å²) in [5.41, 5.74) is 15.3. The van der Waals surface area contributed by atoms with Gasteiger partial charge in [-0.1, -0.05) is 146 Å². The fraction of sp³-hybridized carbons (Fsp3) is 0.196. The molecule has 0 fully saturated rings. The molecular formula is C51H42N2O. The molecule has 3 heteroatoms. The Hall–Kier alpha value is -5.93. The molecule has 4 aromatic rings. The molecule has 262 valence electrons. The summed E-state index contributed by atoms with van der Waals surface area (Å²) in [6, 6.07) is 35.4. The Morgan fingerprint density at radius 3 is 2.39 bits per heavy atom. The van der Waals surface area contributed by atoms with E-state index in [4.69, 9.17) is 9.73 Å². The number of benzene rings is 4. The lowest BCUT2D eigenvalue weighted by Crippen LogP contribution is -2.43. The Labute approximate surface area is 317 Å². The number of nitrogens with zero attached hydrogens (tertiary/aromatic N) is 1. The van der Waals surface area contributed by atoms with Crippen LogP contribution in [0.1, 0.15) is 72.4 Å². The van der Waals surface area contributed by atoms with Gasteiger partial charge in [-0.05, 0) is 95.2 Å². The average Bonchev–Trinajstić information content (AvgIpc) is 3.54. The molecule has 4 aromatic carbocycles. The van der Waals surface area contributed by atoms with Crippen LogP contribution in [0.5, 0.6) is 5.75 Å². The Morgan fingerprint density at radius 2 is 1.46 bits per heavy atom. The van der Waals surface area contributed by atoms with E-state index in [1.54, 1.807) is 0 Å². The summed E-state index contributed by atoms with van der Waals surface area (Å²) < 4.78 is 7.17. The van der Waals surface area contributed by atoms with Gasteiger partial charge in [-0.2, -0.15) is 0 Å². The van der Waals surface area contributed by atoms with Crippen LogP contribution in [0.4, 0.5) is 0 Å². The van der Waals surface area contributed by atoms with Crippen molar-refractivity contribution in [2.45, 2.75) is 50.0 Å². The van der Waals surface area contributed by atoms with Gasteiger partial charge in [-0.15, -0.1) is 0 Å². The lowest BCUT2D eigenvalue weighted by molar-refractivity contribution is 0.252. The second-order valence-electron chi connectivity index (χ2n) is 15.5. The first-order chi connectivity index (χ1) is 26.8. The van der Waals surface area contributed by atoms with E-state index >= 15 is 0 Å². The molecule has 11 rings (SSSR count). The molecule has 0 bridgehead atoms. The second kappa shape index (κ2) is 12.6. The first-order valence-electron chi connectivity index (χ1n) is 19.7. The number of ether oxygens (including phenoxy) is 1. The van der Waals surface area contributed by atoms with Crippen LogP contribution < -0.4 is 10.1 Å². The van der Waals surface area contributed by atoms with E-state index in [-0.39, 0.29) is 23.3 Å². The van der Waals surface area contributed by atoms with E-state index in [0.29, 0.717) is 0 Å². The van der Waals surface area contributed by atoms with Gasteiger partial charge in [-0.25, -0.2) is 0 Å². The fourth-order valence-electron chi connectivity index (χ4n) is 10.3. The van der Waals surface area contributed by atoms with Crippen LogP contribution in [0.3, 0.4) is 0 Å². The van der Waals surface area contributed by atoms with E-state index in [0.717, 1.165) is 72.6 Å². The zero-order valence-corrected chi connectivity index (χ0v) is 30.3. The average molecular weight is 699 g/mol. The topological polar surface area (TPSA) is 33.6 Å². The first-order valence-corrected chi connectivity index (χ1v) is 19.7. The smallest absolute Gasteiger partial charge is 0.139 e. The highest BCUT2D eigenvalue weighted by Crippen LogP contribution is 2.64. The first kappa shape index (κ1) is 31.6. The summed E-state index contributed by atoms with van der Waals surface area (Å²) in [7, 11) is 0. The number of aliphatic imine (C=N–C) groups is 1. The summed E-state index contributed by atoms with van der Waals surface area (Å²) in [5, 5.41) is 3.91. The molecule has 2 heterocycles. The monoisotopic (exact) mass is 698 g/mol. The minimum absolute atomic E-state index is 0.0943. The Morgan fingerprint density at radius 1 is 0.685 bits per heavy atom. The maximum atomic E-state index is 7.17. The molecule has 0 radical (unpaired) electrons. The molecule has 0 saturated heterocycles. The third kappa shape index (κ3) is 4.77. The third-order valence-corrected chi connectivity index (χ3v) is 12.7. The van der Waals surface area contributed by atoms with Crippen LogP contribution >= 0.6 is 0 Å². The van der Waals surface area contributed by atoms with Gasteiger partial charge in [0.2, 0.25) is 0 Å². The Kier molecular flexibility index (Phi) is 7.37. The molecule has 3 nitrogen and oxygen atoms in total. The summed E-state index contributed by atoms with van der Waals surface area (Å²) >= 11 is 0. The van der Waals surface area contributed by atoms with Gasteiger partial charge < -0.3 is 10.1 Å². The van der Waals surface area contributed by atoms with Crippen molar-refractivity contribution >= 4 is 11.4 Å². The molecule has 1 spiro atoms. The number of allylic oxidation sites excluding steroid dienone is 14. The SMILES string of the molecule is C1=CCC2C(=C1)Oc1c(-c3ccccc3C3=NC(c4ccccc4)C=C(C4C=C5CCC=CC5=CC4)N3)cccc1C21C2=C(CCC=C2)c2ccccc21. The summed E-state index contributed by atoms with van der Waals surface area (Å²) in [6.45, 7) is 0. The number of hydrogen-bond donors (Lipinski definition) is 1. The molecular weight excluding hydrogens is 657 g/mol. The minimum Gasteiger partial charge on any atom is -0.460 e. The minimum atomic E-state index is -0.331. The van der Waals surface area contributed by atoms with Gasteiger partial charge in [0.05, 0.1) is 11.5 Å². The van der Waals surface area contributed by atoms with Crippen molar-refractivity contribution < 1.29 is 4.74 Å². The van der Waals surface area contributed by atoms with Crippen LogP contribution in [0.25, 0.3) is 16.7 Å². The van der Waals surface area contributed by atoms with Crippen LogP contribution in [-0.4, -0.2) is 5.84 Å². The predicted molar refractivity (Wildman–Crippen MR) is 220 cm³/mol. The Bertz CT molecular complexity index is 2520. The Balaban J connectivity index is 1.08. The number of nitrogens with one attached hydrogen (secondary N) is 1. The van der Waals surface area contributed by atoms with Crippen LogP contribution in [-0.2, 0) is 5.41 Å². The molecule has 4 unspecified atom stereocenters. The maximum absolute atomic E-state index is 7.17. The highest BCUT2D eigenvalue weighted by molar-refractivity contribution is 6.07. The van der Waals surface area contributed by atoms with Crippen molar-refractivity contribution in [1.29, 1.82) is 0 Å². The normalized spacial score (nSPS) is 25.8. The molecule has 0 saturated carbocycles. The number of hydrogen-bond acceptors (Lipinski definition) is 3. The van der Waals surface area contributed by atoms with Gasteiger partial charge in [0.1, 0.15) is 17.3 Å². The molecule has 0 aromatic heterocycles. The van der Waals surface area contributed by atoms with Crippen LogP contribution in [0.2, 0.25) is 0 Å². The van der Waals surface area contributed by atoms with Gasteiger partial charge in [0, 0.05) is 34.2 Å². The van der Waals surface area contributed by atoms with E-state index in [1.165, 1.54) is 50.2 Å². The van der Waals surface area contributed by atoms with Gasteiger partial charge >= 0.3 is 0 Å². The van der Waals surface area contributed by atoms with Crippen LogP contribution in [0.15, 0.2) is 191 Å². The molecule has 1 N–H and O–H groups in total. The van der Waals surface area contributed by atoms with Gasteiger partial charge in [-0.3, -0.25) is 4.99 Å². The van der Waals surface area contributed by atoms with Crippen molar-refractivity contribution in [2.75, 3.05) is 0 Å². The summed E-state index contributed by atoms with van der Waals surface area (Å²) in [6.07, 6.45) is 29.7. The fourth-order valence-corrected chi connectivity index (χ4v) is 10.3. The number of amidine groups is 1. The zero-order valence-electron chi connectivity index (χ0n) is 30.3. The molecule has 0 amide bonds. The van der Waals surface area contributed by atoms with Gasteiger partial charge in [0.25, 0.3) is 0 Å². The zero-order chi connectivity index (χ0) is 35.6. The van der Waals surface area contributed by atoms with E-state index < -0.39 is 0 Å². The number of rotatable bonds is 4. The molecule has 2 aliphatic heterocycles. The van der Waals surface area contributed by atoms with Crippen molar-refractivity contribution in [3.05, 3.63) is 214 Å². The maximum Gasteiger partial charge on any atom is 0.139 e. The van der Waals surface area contributed by atoms with Crippen molar-refractivity contribution in [1.82, 2.24) is 5.32 Å². The number of para-hydroxylation sites is 1. The van der Waals surface area contributed by atoms with Crippen molar-refractivity contribution in [3.8, 4) is 16.9 Å². The highest BCUT2D eigenvalue weighted by Gasteiger charge is 2.56. The molecule has 5 aliphatic carbocycles. The highest BCUT2D eigenvalue weighted by atomic mass is 16.5. The van der Waals surface area contributed by atoms with E-state index in [9.17, 15) is 0 Å². The predicted octanol–water partition coefficient (Wildman–Crippen LogP) is 11.8. The second-order valence-corrected chi connectivity index (χ2v) is 15.5. The largest absolute Gasteiger partial charge is 0.460 e. The number of fused-ring (bicyclic) bond motifs is 9. The van der Waals surface area contributed by atoms with Crippen LogP contribution in [0, 0.1) is 11.8 Å². The van der Waals surface area contributed by atoms with E-state index in [2.05, 4.69) is 163 Å². The molecule has 54 heavy (non-hydrogen) atoms. The molecule has 4 atom stereocenters. The third-order valence-electron chi connectivity index (χ3n) is 12.7. The standard InChI is InChI=1S/C51H42N2O/c1-2-16-34(17-3-1)46-32-47(36-30-29-33-15-4-5-18-35(33)31-36)53-50(52-46)41-22-7-6-19-37(41)40-23-14-27-45-49(40)54-48-28-13-12-26-44(48)51(45)42-24-10-8-20-38(42)39-21-9-11-25-43(39)51/h1-4,6-8,10-17,19-20,22-25,27-29,31-32,36,44,46H,5,9,18,21,26,30H2,(H,52,53). The quantitative estimate of drug-likeness (QED) is 0.230. The summed E-state index contributed by atoms with van der Waals surface area (Å²) in [5.74, 6) is 3.36. The lowest BCUT2D eigenvalue weighted by atomic mass is 9.59. The lowest BCUT2D eigenvalue weighted by Gasteiger charge is -2.47. The van der Waals surface area contributed by atoms with Gasteiger partial charge in [0.15, 0.2) is 0 Å². The molecule has 7 aliphatic rings. The van der Waals surface area contributed by atoms with E-state index in [1.807, 2.05) is 0 Å². The summed E-state index contributed by atoms with van der Waals surface area (Å²) in [4.78, 5) is 5.47. The van der Waals surface area contributed by atoms with Crippen molar-refractivity contribution in [3.63, 3.8) is 0 Å².